The van der Waals surface area contributed by atoms with E-state index in [0.717, 1.165) is 11.3 Å². The van der Waals surface area contributed by atoms with E-state index in [-0.39, 0.29) is 21.7 Å². The second kappa shape index (κ2) is 10.2. The number of sulfonamides is 1. The summed E-state index contributed by atoms with van der Waals surface area (Å²) in [7, 11) is -0.310. The molecule has 0 aliphatic carbocycles. The Balaban J connectivity index is 1.34. The fourth-order valence-electron chi connectivity index (χ4n) is 2.92. The van der Waals surface area contributed by atoms with Crippen LogP contribution in [0.2, 0.25) is 0 Å². The van der Waals surface area contributed by atoms with Crippen LogP contribution in [0.3, 0.4) is 0 Å². The Labute approximate surface area is 204 Å². The molecule has 0 fully saturated rings. The molecule has 10 nitrogen and oxygen atoms in total. The van der Waals surface area contributed by atoms with Crippen molar-refractivity contribution in [3.8, 4) is 17.1 Å². The van der Waals surface area contributed by atoms with Crippen LogP contribution >= 0.6 is 23.1 Å². The van der Waals surface area contributed by atoms with E-state index < -0.39 is 10.0 Å². The van der Waals surface area contributed by atoms with Crippen LogP contribution in [0.25, 0.3) is 11.4 Å². The van der Waals surface area contributed by atoms with Crippen LogP contribution in [0.1, 0.15) is 0 Å². The van der Waals surface area contributed by atoms with Gasteiger partial charge in [-0.3, -0.25) is 9.52 Å². The molecule has 4 rings (SSSR count). The number of aromatic nitrogens is 4. The van der Waals surface area contributed by atoms with Gasteiger partial charge in [-0.15, -0.1) is 21.5 Å². The Hall–Kier alpha value is -3.42. The normalized spacial score (nSPS) is 11.2. The van der Waals surface area contributed by atoms with E-state index in [9.17, 15) is 13.2 Å². The maximum Gasteiger partial charge on any atom is 0.263 e. The first-order chi connectivity index (χ1) is 16.4. The molecule has 34 heavy (non-hydrogen) atoms. The molecule has 0 bridgehead atoms. The van der Waals surface area contributed by atoms with Crippen molar-refractivity contribution in [1.82, 2.24) is 19.7 Å². The van der Waals surface area contributed by atoms with Gasteiger partial charge in [0.05, 0.1) is 17.8 Å². The molecular formula is C21H20N6O4S3. The zero-order valence-electron chi connectivity index (χ0n) is 18.1. The molecule has 0 saturated heterocycles. The first-order valence-corrected chi connectivity index (χ1v) is 13.2. The summed E-state index contributed by atoms with van der Waals surface area (Å²) in [6.45, 7) is 0. The van der Waals surface area contributed by atoms with Crippen LogP contribution in [0, 0.1) is 0 Å². The predicted octanol–water partition coefficient (Wildman–Crippen LogP) is 3.48. The van der Waals surface area contributed by atoms with Crippen molar-refractivity contribution in [1.29, 1.82) is 0 Å². The number of amides is 1. The lowest BCUT2D eigenvalue weighted by Gasteiger charge is -2.08. The number of methoxy groups -OCH3 is 1. The molecular weight excluding hydrogens is 496 g/mol. The van der Waals surface area contributed by atoms with E-state index in [1.807, 2.05) is 35.9 Å². The lowest BCUT2D eigenvalue weighted by Crippen LogP contribution is -2.15. The van der Waals surface area contributed by atoms with Gasteiger partial charge in [0.2, 0.25) is 5.91 Å². The topological polar surface area (TPSA) is 128 Å². The average molecular weight is 517 g/mol. The van der Waals surface area contributed by atoms with E-state index >= 15 is 0 Å². The van der Waals surface area contributed by atoms with Gasteiger partial charge in [-0.1, -0.05) is 11.8 Å². The number of ether oxygens (including phenoxy) is 1. The standard InChI is InChI=1S/C21H20N6O4S3/c1-27-19(14-3-7-16(31-2)8-4-14)24-25-21(27)33-13-18(28)23-15-5-9-17(10-6-15)34(29,30)26-20-22-11-12-32-20/h3-12H,13H2,1-2H3,(H,22,26)(H,23,28). The van der Waals surface area contributed by atoms with Gasteiger partial charge in [0.25, 0.3) is 10.0 Å². The Morgan fingerprint density at radius 2 is 1.85 bits per heavy atom. The van der Waals surface area contributed by atoms with E-state index in [4.69, 9.17) is 4.74 Å². The van der Waals surface area contributed by atoms with Crippen LogP contribution in [0.15, 0.2) is 70.2 Å². The van der Waals surface area contributed by atoms with Gasteiger partial charge in [-0.05, 0) is 48.5 Å². The van der Waals surface area contributed by atoms with Crippen molar-refractivity contribution in [2.24, 2.45) is 7.05 Å². The molecule has 0 saturated carbocycles. The number of nitrogens with one attached hydrogen (secondary N) is 2. The number of thioether (sulfide) groups is 1. The maximum atomic E-state index is 12.4. The third-order valence-corrected chi connectivity index (χ3v) is 7.81. The molecule has 0 radical (unpaired) electrons. The Kier molecular flexibility index (Phi) is 7.14. The minimum absolute atomic E-state index is 0.0696. The molecule has 4 aromatic rings. The highest BCUT2D eigenvalue weighted by atomic mass is 32.2. The first-order valence-electron chi connectivity index (χ1n) is 9.84. The summed E-state index contributed by atoms with van der Waals surface area (Å²) >= 11 is 2.43. The molecule has 176 valence electrons. The number of anilines is 2. The van der Waals surface area contributed by atoms with E-state index in [1.54, 1.807) is 12.5 Å². The SMILES string of the molecule is COc1ccc(-c2nnc(SCC(=O)Nc3ccc(S(=O)(=O)Nc4nccs4)cc3)n2C)cc1. The molecule has 2 N–H and O–H groups in total. The fraction of sp³-hybridized carbons (Fsp3) is 0.143. The van der Waals surface area contributed by atoms with Crippen LogP contribution in [-0.4, -0.2) is 46.9 Å². The third kappa shape index (κ3) is 5.55. The molecule has 2 aromatic carbocycles. The molecule has 1 amide bonds. The Bertz CT molecular complexity index is 1370. The van der Waals surface area contributed by atoms with E-state index in [0.29, 0.717) is 16.7 Å². The monoisotopic (exact) mass is 516 g/mol. The highest BCUT2D eigenvalue weighted by Gasteiger charge is 2.16. The minimum Gasteiger partial charge on any atom is -0.497 e. The van der Waals surface area contributed by atoms with Gasteiger partial charge in [-0.25, -0.2) is 13.4 Å². The predicted molar refractivity (Wildman–Crippen MR) is 132 cm³/mol. The zero-order valence-corrected chi connectivity index (χ0v) is 20.6. The third-order valence-electron chi connectivity index (χ3n) is 4.62. The number of carbonyl (C=O) groups excluding carboxylic acids is 1. The maximum absolute atomic E-state index is 12.4. The van der Waals surface area contributed by atoms with Crippen molar-refractivity contribution in [3.05, 3.63) is 60.1 Å². The van der Waals surface area contributed by atoms with Gasteiger partial charge in [0, 0.05) is 29.9 Å². The van der Waals surface area contributed by atoms with Crippen molar-refractivity contribution in [3.63, 3.8) is 0 Å². The quantitative estimate of drug-likeness (QED) is 0.324. The second-order valence-corrected chi connectivity index (χ2v) is 10.4. The minimum atomic E-state index is -3.75. The number of carbonyl (C=O) groups is 1. The molecule has 0 unspecified atom stereocenters. The number of hydrogen-bond acceptors (Lipinski definition) is 9. The van der Waals surface area contributed by atoms with Gasteiger partial charge in [-0.2, -0.15) is 0 Å². The lowest BCUT2D eigenvalue weighted by atomic mass is 10.2. The van der Waals surface area contributed by atoms with Crippen LogP contribution in [-0.2, 0) is 21.9 Å². The van der Waals surface area contributed by atoms with Crippen LogP contribution < -0.4 is 14.8 Å². The van der Waals surface area contributed by atoms with Crippen molar-refractivity contribution in [2.75, 3.05) is 22.9 Å². The zero-order chi connectivity index (χ0) is 24.1. The molecule has 2 heterocycles. The van der Waals surface area contributed by atoms with Gasteiger partial charge >= 0.3 is 0 Å². The summed E-state index contributed by atoms with van der Waals surface area (Å²) in [5.41, 5.74) is 1.36. The molecule has 0 spiro atoms. The van der Waals surface area contributed by atoms with Crippen molar-refractivity contribution < 1.29 is 17.9 Å². The second-order valence-electron chi connectivity index (χ2n) is 6.90. The van der Waals surface area contributed by atoms with Crippen molar-refractivity contribution >= 4 is 49.8 Å². The summed E-state index contributed by atoms with van der Waals surface area (Å²) in [6.07, 6.45) is 1.51. The highest BCUT2D eigenvalue weighted by Crippen LogP contribution is 2.25. The molecule has 2 aromatic heterocycles. The Morgan fingerprint density at radius 1 is 1.12 bits per heavy atom. The number of rotatable bonds is 9. The van der Waals surface area contributed by atoms with E-state index in [1.165, 1.54) is 53.6 Å². The lowest BCUT2D eigenvalue weighted by molar-refractivity contribution is -0.113. The fourth-order valence-corrected chi connectivity index (χ4v) is 5.42. The van der Waals surface area contributed by atoms with Crippen molar-refractivity contribution in [2.45, 2.75) is 10.1 Å². The average Bonchev–Trinajstić information content (AvgIpc) is 3.47. The number of thiazole rings is 1. The van der Waals surface area contributed by atoms with Crippen LogP contribution in [0.4, 0.5) is 10.8 Å². The summed E-state index contributed by atoms with van der Waals surface area (Å²) in [5.74, 6) is 1.28. The van der Waals surface area contributed by atoms with Gasteiger partial charge in [0.1, 0.15) is 5.75 Å². The van der Waals surface area contributed by atoms with Crippen LogP contribution in [0.5, 0.6) is 5.75 Å². The highest BCUT2D eigenvalue weighted by molar-refractivity contribution is 7.99. The summed E-state index contributed by atoms with van der Waals surface area (Å²) in [4.78, 5) is 16.4. The smallest absolute Gasteiger partial charge is 0.263 e. The Morgan fingerprint density at radius 3 is 2.50 bits per heavy atom. The van der Waals surface area contributed by atoms with Gasteiger partial charge < -0.3 is 14.6 Å². The van der Waals surface area contributed by atoms with Gasteiger partial charge in [0.15, 0.2) is 16.1 Å². The largest absolute Gasteiger partial charge is 0.497 e. The molecule has 0 aliphatic rings. The van der Waals surface area contributed by atoms with E-state index in [2.05, 4.69) is 25.2 Å². The summed E-state index contributed by atoms with van der Waals surface area (Å²) in [6, 6.07) is 13.4. The summed E-state index contributed by atoms with van der Waals surface area (Å²) in [5, 5.41) is 13.7. The molecule has 0 atom stereocenters. The molecule has 0 aliphatic heterocycles. The first kappa shape index (κ1) is 23.7. The number of nitrogens with zero attached hydrogens (tertiary/aromatic N) is 4. The number of benzene rings is 2. The molecule has 13 heteroatoms. The number of hydrogen-bond donors (Lipinski definition) is 2. The summed E-state index contributed by atoms with van der Waals surface area (Å²) < 4.78 is 34.2.